The molecule has 2 N–H and O–H groups in total. The first-order valence-corrected chi connectivity index (χ1v) is 9.52. The lowest BCUT2D eigenvalue weighted by atomic mass is 10.1. The van der Waals surface area contributed by atoms with Crippen LogP contribution in [0.3, 0.4) is 0 Å². The van der Waals surface area contributed by atoms with Gasteiger partial charge in [-0.05, 0) is 55.8 Å². The Balaban J connectivity index is 1.91. The number of hydrogen-bond donors (Lipinski definition) is 2. The van der Waals surface area contributed by atoms with E-state index in [0.717, 1.165) is 11.1 Å². The summed E-state index contributed by atoms with van der Waals surface area (Å²) < 4.78 is 0. The summed E-state index contributed by atoms with van der Waals surface area (Å²) in [5.41, 5.74) is 3.91. The van der Waals surface area contributed by atoms with Crippen LogP contribution in [0.4, 0.5) is 11.4 Å². The predicted molar refractivity (Wildman–Crippen MR) is 119 cm³/mol. The van der Waals surface area contributed by atoms with Crippen molar-refractivity contribution < 1.29 is 9.59 Å². The molecule has 0 heterocycles. The third-order valence-electron chi connectivity index (χ3n) is 4.31. The van der Waals surface area contributed by atoms with Crippen molar-refractivity contribution in [1.29, 1.82) is 0 Å². The number of aryl methyl sites for hydroxylation is 2. The van der Waals surface area contributed by atoms with Gasteiger partial charge in [0.05, 0.1) is 0 Å². The topological polar surface area (TPSA) is 58.2 Å². The molecular formula is C24H21ClN2O2. The quantitative estimate of drug-likeness (QED) is 0.329. The van der Waals surface area contributed by atoms with Crippen molar-refractivity contribution in [2.24, 2.45) is 0 Å². The highest BCUT2D eigenvalue weighted by Crippen LogP contribution is 2.20. The SMILES string of the molecule is Cc1ccc(NC(=O)C(=Cc2ccccc2Cl)C(=O)Nc2ccc(C)cc2)cc1. The Kier molecular flexibility index (Phi) is 6.47. The number of amides is 2. The maximum Gasteiger partial charge on any atom is 0.261 e. The molecule has 0 saturated carbocycles. The van der Waals surface area contributed by atoms with Gasteiger partial charge in [-0.15, -0.1) is 0 Å². The van der Waals surface area contributed by atoms with Gasteiger partial charge in [0, 0.05) is 16.4 Å². The second-order valence-corrected chi connectivity index (χ2v) is 7.13. The highest BCUT2D eigenvalue weighted by Gasteiger charge is 2.19. The molecule has 0 fully saturated rings. The normalized spacial score (nSPS) is 10.2. The summed E-state index contributed by atoms with van der Waals surface area (Å²) in [5, 5.41) is 6.00. The minimum Gasteiger partial charge on any atom is -0.322 e. The van der Waals surface area contributed by atoms with E-state index in [1.165, 1.54) is 6.08 Å². The molecule has 2 amide bonds. The molecule has 0 aliphatic rings. The minimum absolute atomic E-state index is 0.0424. The Morgan fingerprint density at radius 3 is 1.62 bits per heavy atom. The van der Waals surface area contributed by atoms with Gasteiger partial charge in [0.1, 0.15) is 5.57 Å². The average molecular weight is 405 g/mol. The van der Waals surface area contributed by atoms with Crippen LogP contribution >= 0.6 is 11.6 Å². The fourth-order valence-corrected chi connectivity index (χ4v) is 2.84. The smallest absolute Gasteiger partial charge is 0.261 e. The van der Waals surface area contributed by atoms with Gasteiger partial charge >= 0.3 is 0 Å². The molecular weight excluding hydrogens is 384 g/mol. The average Bonchev–Trinajstić information content (AvgIpc) is 2.70. The van der Waals surface area contributed by atoms with Gasteiger partial charge in [-0.1, -0.05) is 65.2 Å². The Hall–Kier alpha value is -3.37. The molecule has 0 atom stereocenters. The Morgan fingerprint density at radius 1 is 0.724 bits per heavy atom. The van der Waals surface area contributed by atoms with Crippen LogP contribution in [0.2, 0.25) is 5.02 Å². The lowest BCUT2D eigenvalue weighted by Gasteiger charge is -2.11. The van der Waals surface area contributed by atoms with Gasteiger partial charge in [-0.25, -0.2) is 0 Å². The molecule has 0 spiro atoms. The number of benzene rings is 3. The van der Waals surface area contributed by atoms with Crippen LogP contribution in [0.15, 0.2) is 78.4 Å². The number of rotatable bonds is 5. The largest absolute Gasteiger partial charge is 0.322 e. The van der Waals surface area contributed by atoms with Crippen LogP contribution in [0.25, 0.3) is 6.08 Å². The fraction of sp³-hybridized carbons (Fsp3) is 0.0833. The second-order valence-electron chi connectivity index (χ2n) is 6.72. The summed E-state index contributed by atoms with van der Waals surface area (Å²) in [7, 11) is 0. The van der Waals surface area contributed by atoms with Crippen molar-refractivity contribution in [1.82, 2.24) is 0 Å². The van der Waals surface area contributed by atoms with Gasteiger partial charge < -0.3 is 10.6 Å². The summed E-state index contributed by atoms with van der Waals surface area (Å²) >= 11 is 6.22. The highest BCUT2D eigenvalue weighted by molar-refractivity contribution is 6.33. The van der Waals surface area contributed by atoms with Crippen molar-refractivity contribution >= 4 is 40.9 Å². The lowest BCUT2D eigenvalue weighted by Crippen LogP contribution is -2.25. The molecule has 3 aromatic rings. The Morgan fingerprint density at radius 2 is 1.17 bits per heavy atom. The van der Waals surface area contributed by atoms with E-state index < -0.39 is 11.8 Å². The summed E-state index contributed by atoms with van der Waals surface area (Å²) in [6.45, 7) is 3.92. The van der Waals surface area contributed by atoms with E-state index in [1.54, 1.807) is 48.5 Å². The van der Waals surface area contributed by atoms with Gasteiger partial charge in [-0.2, -0.15) is 0 Å². The zero-order valence-electron chi connectivity index (χ0n) is 16.2. The summed E-state index contributed by atoms with van der Waals surface area (Å²) in [5.74, 6) is -1.03. The number of halogens is 1. The first kappa shape index (κ1) is 20.4. The minimum atomic E-state index is -0.515. The fourth-order valence-electron chi connectivity index (χ4n) is 2.65. The first-order valence-electron chi connectivity index (χ1n) is 9.14. The molecule has 0 radical (unpaired) electrons. The Labute approximate surface area is 175 Å². The first-order chi connectivity index (χ1) is 13.9. The van der Waals surface area contributed by atoms with Crippen molar-refractivity contribution in [2.75, 3.05) is 10.6 Å². The van der Waals surface area contributed by atoms with E-state index >= 15 is 0 Å². The van der Waals surface area contributed by atoms with E-state index in [1.807, 2.05) is 38.1 Å². The van der Waals surface area contributed by atoms with E-state index in [9.17, 15) is 9.59 Å². The molecule has 0 unspecified atom stereocenters. The van der Waals surface area contributed by atoms with Crippen LogP contribution in [0, 0.1) is 13.8 Å². The molecule has 3 aromatic carbocycles. The van der Waals surface area contributed by atoms with Crippen molar-refractivity contribution in [3.63, 3.8) is 0 Å². The van der Waals surface area contributed by atoms with E-state index in [2.05, 4.69) is 10.6 Å². The molecule has 3 rings (SSSR count). The van der Waals surface area contributed by atoms with Crippen LogP contribution in [0.1, 0.15) is 16.7 Å². The second kappa shape index (κ2) is 9.22. The van der Waals surface area contributed by atoms with Gasteiger partial charge in [0.2, 0.25) is 0 Å². The van der Waals surface area contributed by atoms with Crippen LogP contribution in [0.5, 0.6) is 0 Å². The van der Waals surface area contributed by atoms with Crippen molar-refractivity contribution in [3.05, 3.63) is 100 Å². The zero-order valence-corrected chi connectivity index (χ0v) is 17.0. The molecule has 5 heteroatoms. The third-order valence-corrected chi connectivity index (χ3v) is 4.66. The maximum absolute atomic E-state index is 12.9. The highest BCUT2D eigenvalue weighted by atomic mass is 35.5. The number of hydrogen-bond acceptors (Lipinski definition) is 2. The van der Waals surface area contributed by atoms with E-state index in [4.69, 9.17) is 11.6 Å². The van der Waals surface area contributed by atoms with Gasteiger partial charge in [0.25, 0.3) is 11.8 Å². The lowest BCUT2D eigenvalue weighted by molar-refractivity contribution is -0.118. The summed E-state index contributed by atoms with van der Waals surface area (Å²) in [6.07, 6.45) is 1.50. The van der Waals surface area contributed by atoms with Gasteiger partial charge in [-0.3, -0.25) is 9.59 Å². The van der Waals surface area contributed by atoms with Crippen LogP contribution < -0.4 is 10.6 Å². The van der Waals surface area contributed by atoms with Gasteiger partial charge in [0.15, 0.2) is 0 Å². The predicted octanol–water partition coefficient (Wildman–Crippen LogP) is 5.62. The molecule has 29 heavy (non-hydrogen) atoms. The number of carbonyl (C=O) groups is 2. The summed E-state index contributed by atoms with van der Waals surface area (Å²) in [6, 6.07) is 21.8. The standard InChI is InChI=1S/C24H21ClN2O2/c1-16-7-11-19(12-8-16)26-23(28)21(15-18-5-3-4-6-22(18)25)24(29)27-20-13-9-17(2)10-14-20/h3-15H,1-2H3,(H,26,28)(H,27,29). The molecule has 0 bridgehead atoms. The summed E-state index contributed by atoms with van der Waals surface area (Å²) in [4.78, 5) is 25.8. The molecule has 0 aliphatic carbocycles. The third kappa shape index (κ3) is 5.56. The van der Waals surface area contributed by atoms with Crippen LogP contribution in [-0.2, 0) is 9.59 Å². The Bertz CT molecular complexity index is 993. The van der Waals surface area contributed by atoms with Crippen molar-refractivity contribution in [2.45, 2.75) is 13.8 Å². The number of carbonyl (C=O) groups excluding carboxylic acids is 2. The van der Waals surface area contributed by atoms with Crippen LogP contribution in [-0.4, -0.2) is 11.8 Å². The van der Waals surface area contributed by atoms with E-state index in [0.29, 0.717) is 22.0 Å². The molecule has 146 valence electrons. The zero-order chi connectivity index (χ0) is 20.8. The molecule has 4 nitrogen and oxygen atoms in total. The molecule has 0 aliphatic heterocycles. The number of nitrogens with one attached hydrogen (secondary N) is 2. The molecule has 0 saturated heterocycles. The maximum atomic E-state index is 12.9. The number of anilines is 2. The van der Waals surface area contributed by atoms with E-state index in [-0.39, 0.29) is 5.57 Å². The molecule has 0 aromatic heterocycles. The van der Waals surface area contributed by atoms with Crippen molar-refractivity contribution in [3.8, 4) is 0 Å². The monoisotopic (exact) mass is 404 g/mol.